The number of hydrogen-bond acceptors (Lipinski definition) is 2. The standard InChI is InChI=1S/C14H17F3N2O/c1-2-18-12-4-3-9-19(13(12)20)11-7-5-10(6-8-11)14(15,16)17/h5-8,12,18H,2-4,9H2,1H3. The molecule has 1 aromatic carbocycles. The first-order chi connectivity index (χ1) is 9.43. The lowest BCUT2D eigenvalue weighted by molar-refractivity contribution is -0.137. The van der Waals surface area contributed by atoms with Crippen molar-refractivity contribution in [3.63, 3.8) is 0 Å². The molecule has 1 fully saturated rings. The molecule has 0 bridgehead atoms. The number of halogens is 3. The van der Waals surface area contributed by atoms with Gasteiger partial charge < -0.3 is 10.2 Å². The molecule has 1 atom stereocenters. The Balaban J connectivity index is 2.16. The molecule has 20 heavy (non-hydrogen) atoms. The maximum Gasteiger partial charge on any atom is 0.416 e. The highest BCUT2D eigenvalue weighted by atomic mass is 19.4. The largest absolute Gasteiger partial charge is 0.416 e. The number of carbonyl (C=O) groups is 1. The van der Waals surface area contributed by atoms with Crippen LogP contribution in [0.25, 0.3) is 0 Å². The minimum absolute atomic E-state index is 0.0714. The Hall–Kier alpha value is -1.56. The van der Waals surface area contributed by atoms with Crippen LogP contribution in [0.4, 0.5) is 18.9 Å². The summed E-state index contributed by atoms with van der Waals surface area (Å²) in [5.74, 6) is -0.0714. The smallest absolute Gasteiger partial charge is 0.311 e. The Bertz CT molecular complexity index is 468. The van der Waals surface area contributed by atoms with Crippen LogP contribution in [0.1, 0.15) is 25.3 Å². The Labute approximate surface area is 115 Å². The number of amides is 1. The molecule has 1 unspecified atom stereocenters. The second-order valence-corrected chi connectivity index (χ2v) is 4.79. The second-order valence-electron chi connectivity index (χ2n) is 4.79. The van der Waals surface area contributed by atoms with Gasteiger partial charge in [0.2, 0.25) is 5.91 Å². The van der Waals surface area contributed by atoms with Gasteiger partial charge in [0.05, 0.1) is 11.6 Å². The van der Waals surface area contributed by atoms with E-state index in [-0.39, 0.29) is 11.9 Å². The maximum absolute atomic E-state index is 12.5. The van der Waals surface area contributed by atoms with Crippen molar-refractivity contribution < 1.29 is 18.0 Å². The summed E-state index contributed by atoms with van der Waals surface area (Å²) < 4.78 is 37.5. The molecule has 1 aliphatic rings. The molecule has 3 nitrogen and oxygen atoms in total. The fraction of sp³-hybridized carbons (Fsp3) is 0.500. The van der Waals surface area contributed by atoms with Gasteiger partial charge in [-0.2, -0.15) is 13.2 Å². The summed E-state index contributed by atoms with van der Waals surface area (Å²) in [6.45, 7) is 3.16. The van der Waals surface area contributed by atoms with Crippen molar-refractivity contribution >= 4 is 11.6 Å². The number of anilines is 1. The van der Waals surface area contributed by atoms with Crippen LogP contribution >= 0.6 is 0 Å². The third kappa shape index (κ3) is 3.12. The molecule has 110 valence electrons. The van der Waals surface area contributed by atoms with E-state index in [4.69, 9.17) is 0 Å². The lowest BCUT2D eigenvalue weighted by Crippen LogP contribution is -2.50. The van der Waals surface area contributed by atoms with Crippen LogP contribution in [0, 0.1) is 0 Å². The first-order valence-electron chi connectivity index (χ1n) is 6.65. The summed E-state index contributed by atoms with van der Waals surface area (Å²) >= 11 is 0. The number of carbonyl (C=O) groups excluding carboxylic acids is 1. The first-order valence-corrected chi connectivity index (χ1v) is 6.65. The van der Waals surface area contributed by atoms with E-state index in [2.05, 4.69) is 5.32 Å². The SMILES string of the molecule is CCNC1CCCN(c2ccc(C(F)(F)F)cc2)C1=O. The third-order valence-electron chi connectivity index (χ3n) is 3.40. The summed E-state index contributed by atoms with van der Waals surface area (Å²) in [7, 11) is 0. The van der Waals surface area contributed by atoms with Gasteiger partial charge in [-0.25, -0.2) is 0 Å². The van der Waals surface area contributed by atoms with E-state index in [0.717, 1.165) is 25.0 Å². The van der Waals surface area contributed by atoms with Crippen LogP contribution in [0.2, 0.25) is 0 Å². The van der Waals surface area contributed by atoms with E-state index >= 15 is 0 Å². The molecular weight excluding hydrogens is 269 g/mol. The lowest BCUT2D eigenvalue weighted by Gasteiger charge is -2.32. The molecule has 0 saturated carbocycles. The summed E-state index contributed by atoms with van der Waals surface area (Å²) in [6, 6.07) is 4.50. The van der Waals surface area contributed by atoms with Crippen molar-refractivity contribution in [2.45, 2.75) is 32.0 Å². The molecule has 0 spiro atoms. The van der Waals surface area contributed by atoms with Crippen molar-refractivity contribution in [1.29, 1.82) is 0 Å². The van der Waals surface area contributed by atoms with Gasteiger partial charge in [0.25, 0.3) is 0 Å². The third-order valence-corrected chi connectivity index (χ3v) is 3.40. The summed E-state index contributed by atoms with van der Waals surface area (Å²) in [6.07, 6.45) is -2.75. The van der Waals surface area contributed by atoms with Crippen LogP contribution in [0.3, 0.4) is 0 Å². The highest BCUT2D eigenvalue weighted by Gasteiger charge is 2.32. The minimum atomic E-state index is -4.35. The van der Waals surface area contributed by atoms with Crippen molar-refractivity contribution in [2.75, 3.05) is 18.0 Å². The molecule has 1 saturated heterocycles. The molecule has 1 heterocycles. The van der Waals surface area contributed by atoms with Crippen molar-refractivity contribution in [1.82, 2.24) is 5.32 Å². The zero-order chi connectivity index (χ0) is 14.8. The molecule has 0 aromatic heterocycles. The van der Waals surface area contributed by atoms with Crippen LogP contribution < -0.4 is 10.2 Å². The van der Waals surface area contributed by atoms with Gasteiger partial charge >= 0.3 is 6.18 Å². The monoisotopic (exact) mass is 286 g/mol. The lowest BCUT2D eigenvalue weighted by atomic mass is 10.0. The number of piperidine rings is 1. The zero-order valence-electron chi connectivity index (χ0n) is 11.2. The number of alkyl halides is 3. The number of rotatable bonds is 3. The average Bonchev–Trinajstić information content (AvgIpc) is 2.41. The first kappa shape index (κ1) is 14.8. The summed E-state index contributed by atoms with van der Waals surface area (Å²) in [5, 5.41) is 3.10. The van der Waals surface area contributed by atoms with Gasteiger partial charge in [-0.3, -0.25) is 4.79 Å². The molecule has 2 rings (SSSR count). The Morgan fingerprint density at radius 1 is 1.30 bits per heavy atom. The number of nitrogens with one attached hydrogen (secondary N) is 1. The molecule has 0 radical (unpaired) electrons. The van der Waals surface area contributed by atoms with Crippen LogP contribution in [0.15, 0.2) is 24.3 Å². The Morgan fingerprint density at radius 2 is 1.95 bits per heavy atom. The van der Waals surface area contributed by atoms with E-state index in [0.29, 0.717) is 18.8 Å². The average molecular weight is 286 g/mol. The number of likely N-dealkylation sites (N-methyl/N-ethyl adjacent to an activating group) is 1. The second kappa shape index (κ2) is 5.83. The highest BCUT2D eigenvalue weighted by molar-refractivity contribution is 5.97. The van der Waals surface area contributed by atoms with Gasteiger partial charge in [-0.15, -0.1) is 0 Å². The zero-order valence-corrected chi connectivity index (χ0v) is 11.2. The van der Waals surface area contributed by atoms with Crippen LogP contribution in [-0.2, 0) is 11.0 Å². The number of benzene rings is 1. The van der Waals surface area contributed by atoms with E-state index in [9.17, 15) is 18.0 Å². The number of hydrogen-bond donors (Lipinski definition) is 1. The Morgan fingerprint density at radius 3 is 2.50 bits per heavy atom. The minimum Gasteiger partial charge on any atom is -0.311 e. The predicted octanol–water partition coefficient (Wildman–Crippen LogP) is 2.81. The fourth-order valence-corrected chi connectivity index (χ4v) is 2.40. The quantitative estimate of drug-likeness (QED) is 0.926. The Kier molecular flexibility index (Phi) is 4.32. The van der Waals surface area contributed by atoms with Gasteiger partial charge in [0.1, 0.15) is 0 Å². The van der Waals surface area contributed by atoms with Gasteiger partial charge in [-0.05, 0) is 43.7 Å². The topological polar surface area (TPSA) is 32.3 Å². The van der Waals surface area contributed by atoms with Crippen molar-refractivity contribution in [3.8, 4) is 0 Å². The van der Waals surface area contributed by atoms with E-state index in [1.54, 1.807) is 4.90 Å². The predicted molar refractivity (Wildman–Crippen MR) is 70.5 cm³/mol. The molecule has 6 heteroatoms. The van der Waals surface area contributed by atoms with Crippen molar-refractivity contribution in [2.24, 2.45) is 0 Å². The van der Waals surface area contributed by atoms with E-state index in [1.807, 2.05) is 6.92 Å². The van der Waals surface area contributed by atoms with E-state index < -0.39 is 11.7 Å². The van der Waals surface area contributed by atoms with Gasteiger partial charge in [-0.1, -0.05) is 6.92 Å². The molecule has 1 aromatic rings. The van der Waals surface area contributed by atoms with Crippen LogP contribution in [0.5, 0.6) is 0 Å². The maximum atomic E-state index is 12.5. The summed E-state index contributed by atoms with van der Waals surface area (Å²) in [4.78, 5) is 13.8. The van der Waals surface area contributed by atoms with Crippen LogP contribution in [-0.4, -0.2) is 25.0 Å². The van der Waals surface area contributed by atoms with Gasteiger partial charge in [0, 0.05) is 12.2 Å². The fourth-order valence-electron chi connectivity index (χ4n) is 2.40. The molecule has 1 N–H and O–H groups in total. The van der Waals surface area contributed by atoms with Gasteiger partial charge in [0.15, 0.2) is 0 Å². The summed E-state index contributed by atoms with van der Waals surface area (Å²) in [5.41, 5.74) is -0.181. The number of nitrogens with zero attached hydrogens (tertiary/aromatic N) is 1. The van der Waals surface area contributed by atoms with E-state index in [1.165, 1.54) is 12.1 Å². The molecule has 0 aliphatic carbocycles. The highest BCUT2D eigenvalue weighted by Crippen LogP contribution is 2.31. The molecule has 1 amide bonds. The van der Waals surface area contributed by atoms with Crippen molar-refractivity contribution in [3.05, 3.63) is 29.8 Å². The molecular formula is C14H17F3N2O. The molecule has 1 aliphatic heterocycles. The normalized spacial score (nSPS) is 20.3.